The largest absolute Gasteiger partial charge is 0.496 e. The van der Waals surface area contributed by atoms with Crippen LogP contribution in [0, 0.1) is 0 Å². The summed E-state index contributed by atoms with van der Waals surface area (Å²) in [6, 6.07) is 16.2. The van der Waals surface area contributed by atoms with Crippen molar-refractivity contribution in [2.75, 3.05) is 33.1 Å². The molecule has 0 saturated carbocycles. The van der Waals surface area contributed by atoms with E-state index in [9.17, 15) is 9.59 Å². The minimum Gasteiger partial charge on any atom is -0.496 e. The first-order valence-electron chi connectivity index (χ1n) is 14.7. The number of hydrogen-bond acceptors (Lipinski definition) is 7. The van der Waals surface area contributed by atoms with Gasteiger partial charge in [0.15, 0.2) is 5.65 Å². The molecule has 3 heterocycles. The molecule has 0 fully saturated rings. The Morgan fingerprint density at radius 3 is 2.49 bits per heavy atom. The number of ether oxygens (including phenoxy) is 2. The molecule has 0 saturated heterocycles. The predicted molar refractivity (Wildman–Crippen MR) is 178 cm³/mol. The lowest BCUT2D eigenvalue weighted by atomic mass is 10.00. The molecule has 234 valence electrons. The van der Waals surface area contributed by atoms with Crippen LogP contribution in [0.2, 0.25) is 25.7 Å². The third-order valence-corrected chi connectivity index (χ3v) is 9.04. The molecule has 12 heteroatoms. The first kappa shape index (κ1) is 31.6. The second-order valence-corrected chi connectivity index (χ2v) is 18.0. The van der Waals surface area contributed by atoms with Crippen molar-refractivity contribution in [2.45, 2.75) is 32.4 Å². The number of carbonyl (C=O) groups is 2. The van der Waals surface area contributed by atoms with E-state index >= 15 is 0 Å². The molecule has 0 aliphatic rings. The number of carbonyl (C=O) groups excluding carboxylic acids is 2. The fourth-order valence-corrected chi connectivity index (χ4v) is 5.60. The Kier molecular flexibility index (Phi) is 9.16. The number of para-hydroxylation sites is 1. The summed E-state index contributed by atoms with van der Waals surface area (Å²) in [5.41, 5.74) is 4.76. The van der Waals surface area contributed by atoms with Gasteiger partial charge >= 0.3 is 0 Å². The summed E-state index contributed by atoms with van der Waals surface area (Å²) in [4.78, 5) is 36.6. The SMILES string of the molecule is COc1ccccc1-c1nn(COCC[Si](C)(C)C)c2ncc(-c3ccc(NC(=O)c4cn(C)cn4)c(C(=O)N(C)C)c3)cc12. The number of aryl methyl sites for hydroxylation is 1. The summed E-state index contributed by atoms with van der Waals surface area (Å²) in [7, 11) is 5.53. The average Bonchev–Trinajstić information content (AvgIpc) is 3.61. The minimum absolute atomic E-state index is 0.250. The summed E-state index contributed by atoms with van der Waals surface area (Å²) in [5, 5.41) is 8.59. The number of nitrogens with zero attached hydrogens (tertiary/aromatic N) is 6. The summed E-state index contributed by atoms with van der Waals surface area (Å²) < 4.78 is 15.2. The molecule has 3 aromatic heterocycles. The summed E-state index contributed by atoms with van der Waals surface area (Å²) in [6.07, 6.45) is 4.93. The van der Waals surface area contributed by atoms with Gasteiger partial charge < -0.3 is 24.3 Å². The second kappa shape index (κ2) is 13.0. The van der Waals surface area contributed by atoms with E-state index in [2.05, 4.69) is 29.9 Å². The highest BCUT2D eigenvalue weighted by Crippen LogP contribution is 2.36. The molecule has 0 radical (unpaired) electrons. The van der Waals surface area contributed by atoms with Crippen LogP contribution in [0.25, 0.3) is 33.4 Å². The van der Waals surface area contributed by atoms with Crippen molar-refractivity contribution in [1.29, 1.82) is 0 Å². The van der Waals surface area contributed by atoms with Crippen LogP contribution in [0.4, 0.5) is 5.69 Å². The van der Waals surface area contributed by atoms with Gasteiger partial charge in [0.1, 0.15) is 23.9 Å². The first-order valence-corrected chi connectivity index (χ1v) is 18.4. The van der Waals surface area contributed by atoms with E-state index in [1.165, 1.54) is 4.90 Å². The molecule has 11 nitrogen and oxygen atoms in total. The van der Waals surface area contributed by atoms with Gasteiger partial charge in [0.25, 0.3) is 11.8 Å². The van der Waals surface area contributed by atoms with Gasteiger partial charge in [-0.2, -0.15) is 5.10 Å². The number of nitrogens with one attached hydrogen (secondary N) is 1. The first-order chi connectivity index (χ1) is 21.4. The van der Waals surface area contributed by atoms with Crippen LogP contribution in [-0.4, -0.2) is 76.9 Å². The van der Waals surface area contributed by atoms with Crippen LogP contribution in [0.5, 0.6) is 5.75 Å². The number of amides is 2. The lowest BCUT2D eigenvalue weighted by molar-refractivity contribution is 0.0814. The molecular formula is C33H39N7O4Si. The Morgan fingerprint density at radius 2 is 1.80 bits per heavy atom. The second-order valence-electron chi connectivity index (χ2n) is 12.3. The molecule has 1 N–H and O–H groups in total. The van der Waals surface area contributed by atoms with Crippen LogP contribution in [0.1, 0.15) is 20.8 Å². The minimum atomic E-state index is -1.24. The highest BCUT2D eigenvalue weighted by Gasteiger charge is 2.21. The predicted octanol–water partition coefficient (Wildman–Crippen LogP) is 5.77. The topological polar surface area (TPSA) is 116 Å². The van der Waals surface area contributed by atoms with Gasteiger partial charge in [-0.25, -0.2) is 14.6 Å². The van der Waals surface area contributed by atoms with Gasteiger partial charge in [0, 0.05) is 64.7 Å². The number of pyridine rings is 1. The third-order valence-electron chi connectivity index (χ3n) is 7.33. The van der Waals surface area contributed by atoms with Crippen LogP contribution < -0.4 is 10.1 Å². The van der Waals surface area contributed by atoms with Crippen LogP contribution in [-0.2, 0) is 18.5 Å². The van der Waals surface area contributed by atoms with Crippen LogP contribution >= 0.6 is 0 Å². The number of fused-ring (bicyclic) bond motifs is 1. The van der Waals surface area contributed by atoms with E-state index < -0.39 is 14.0 Å². The van der Waals surface area contributed by atoms with Crippen molar-refractivity contribution < 1.29 is 19.1 Å². The summed E-state index contributed by atoms with van der Waals surface area (Å²) in [6.45, 7) is 7.89. The maximum absolute atomic E-state index is 13.3. The van der Waals surface area contributed by atoms with Crippen molar-refractivity contribution in [3.8, 4) is 28.1 Å². The van der Waals surface area contributed by atoms with E-state index in [1.54, 1.807) is 68.4 Å². The number of hydrogen-bond donors (Lipinski definition) is 1. The molecule has 0 aliphatic heterocycles. The molecule has 0 atom stereocenters. The Balaban J connectivity index is 1.56. The van der Waals surface area contributed by atoms with Crippen molar-refractivity contribution in [1.82, 2.24) is 29.2 Å². The van der Waals surface area contributed by atoms with Gasteiger partial charge in [-0.05, 0) is 41.9 Å². The zero-order valence-electron chi connectivity index (χ0n) is 26.8. The van der Waals surface area contributed by atoms with Crippen LogP contribution in [0.3, 0.4) is 0 Å². The van der Waals surface area contributed by atoms with Crippen molar-refractivity contribution in [2.24, 2.45) is 7.05 Å². The van der Waals surface area contributed by atoms with Crippen LogP contribution in [0.15, 0.2) is 67.3 Å². The zero-order valence-corrected chi connectivity index (χ0v) is 27.8. The monoisotopic (exact) mass is 625 g/mol. The quantitative estimate of drug-likeness (QED) is 0.146. The number of imidazole rings is 1. The van der Waals surface area contributed by atoms with E-state index in [1.807, 2.05) is 36.4 Å². The van der Waals surface area contributed by atoms with Gasteiger partial charge in [0.2, 0.25) is 0 Å². The van der Waals surface area contributed by atoms with E-state index in [4.69, 9.17) is 19.6 Å². The normalized spacial score (nSPS) is 11.5. The molecular weight excluding hydrogens is 586 g/mol. The van der Waals surface area contributed by atoms with E-state index in [0.29, 0.717) is 29.3 Å². The molecule has 0 bridgehead atoms. The Labute approximate surface area is 263 Å². The molecule has 5 rings (SSSR count). The van der Waals surface area contributed by atoms with Gasteiger partial charge in [0.05, 0.1) is 24.7 Å². The number of rotatable bonds is 11. The Bertz CT molecular complexity index is 1860. The average molecular weight is 626 g/mol. The summed E-state index contributed by atoms with van der Waals surface area (Å²) in [5.74, 6) is 0.0429. The molecule has 45 heavy (non-hydrogen) atoms. The Hall–Kier alpha value is -4.81. The lowest BCUT2D eigenvalue weighted by Gasteiger charge is -2.16. The fraction of sp³-hybridized carbons (Fsp3) is 0.303. The molecule has 2 amide bonds. The number of aromatic nitrogens is 5. The van der Waals surface area contributed by atoms with Crippen molar-refractivity contribution >= 4 is 36.6 Å². The third kappa shape index (κ3) is 7.13. The number of benzene rings is 2. The van der Waals surface area contributed by atoms with E-state index in [0.717, 1.165) is 33.8 Å². The molecule has 2 aromatic carbocycles. The number of anilines is 1. The van der Waals surface area contributed by atoms with Gasteiger partial charge in [-0.1, -0.05) is 37.8 Å². The van der Waals surface area contributed by atoms with Gasteiger partial charge in [-0.3, -0.25) is 9.59 Å². The van der Waals surface area contributed by atoms with E-state index in [-0.39, 0.29) is 18.3 Å². The maximum atomic E-state index is 13.3. The maximum Gasteiger partial charge on any atom is 0.275 e. The highest BCUT2D eigenvalue weighted by atomic mass is 28.3. The molecule has 0 spiro atoms. The zero-order chi connectivity index (χ0) is 32.3. The smallest absolute Gasteiger partial charge is 0.275 e. The standard InChI is InChI=1S/C33H39N7O4Si/c1-38(2)33(42)25-16-22(12-13-27(25)36-32(41)28-19-39(3)20-35-28)23-17-26-30(24-10-8-9-11-29(24)43-4)37-40(31(26)34-18-23)21-44-14-15-45(5,6)7/h8-13,16-20H,14-15,21H2,1-7H3,(H,36,41). The summed E-state index contributed by atoms with van der Waals surface area (Å²) >= 11 is 0. The number of methoxy groups -OCH3 is 1. The van der Waals surface area contributed by atoms with Gasteiger partial charge in [-0.15, -0.1) is 0 Å². The fourth-order valence-electron chi connectivity index (χ4n) is 4.84. The highest BCUT2D eigenvalue weighted by molar-refractivity contribution is 6.76. The molecule has 0 unspecified atom stereocenters. The van der Waals surface area contributed by atoms with Crippen molar-refractivity contribution in [3.63, 3.8) is 0 Å². The molecule has 5 aromatic rings. The molecule has 0 aliphatic carbocycles. The lowest BCUT2D eigenvalue weighted by Crippen LogP contribution is -2.24. The van der Waals surface area contributed by atoms with Crippen molar-refractivity contribution in [3.05, 3.63) is 78.5 Å². The Morgan fingerprint density at radius 1 is 1.02 bits per heavy atom.